The van der Waals surface area contributed by atoms with Crippen molar-refractivity contribution in [1.29, 1.82) is 0 Å². The van der Waals surface area contributed by atoms with Gasteiger partial charge >= 0.3 is 0 Å². The Kier molecular flexibility index (Phi) is 3.95. The summed E-state index contributed by atoms with van der Waals surface area (Å²) in [5.74, 6) is 0.853. The van der Waals surface area contributed by atoms with Gasteiger partial charge in [-0.05, 0) is 49.9 Å². The van der Waals surface area contributed by atoms with Crippen molar-refractivity contribution in [3.63, 3.8) is 0 Å². The molecule has 3 rings (SSSR count). The highest BCUT2D eigenvalue weighted by molar-refractivity contribution is 9.10. The van der Waals surface area contributed by atoms with Crippen molar-refractivity contribution in [2.45, 2.75) is 10.9 Å². The third kappa shape index (κ3) is 2.88. The number of thioether (sulfide) groups is 1. The van der Waals surface area contributed by atoms with E-state index in [0.29, 0.717) is 0 Å². The Labute approximate surface area is 127 Å². The van der Waals surface area contributed by atoms with E-state index in [0.717, 1.165) is 21.1 Å². The van der Waals surface area contributed by atoms with Gasteiger partial charge in [0, 0.05) is 15.1 Å². The highest BCUT2D eigenvalue weighted by Crippen LogP contribution is 2.30. The number of rotatable bonds is 4. The lowest BCUT2D eigenvalue weighted by Gasteiger charge is -2.03. The first kappa shape index (κ1) is 12.8. The molecular formula is C12H9BrN4S2. The van der Waals surface area contributed by atoms with Crippen LogP contribution >= 0.6 is 39.0 Å². The van der Waals surface area contributed by atoms with Crippen molar-refractivity contribution in [3.05, 3.63) is 51.1 Å². The average molecular weight is 353 g/mol. The predicted molar refractivity (Wildman–Crippen MR) is 80.7 cm³/mol. The Balaban J connectivity index is 1.80. The predicted octanol–water partition coefficient (Wildman–Crippen LogP) is 3.78. The standard InChI is InChI=1S/C12H9BrN4S2/c13-10-6-7-18-11(10)8-19-12-14-15-16-17(12)9-4-2-1-3-5-9/h1-7H,8H2. The van der Waals surface area contributed by atoms with Crippen molar-refractivity contribution in [3.8, 4) is 5.69 Å². The molecule has 0 spiro atoms. The number of hydrogen-bond acceptors (Lipinski definition) is 5. The summed E-state index contributed by atoms with van der Waals surface area (Å²) in [6.07, 6.45) is 0. The number of aromatic nitrogens is 4. The number of para-hydroxylation sites is 1. The van der Waals surface area contributed by atoms with Crippen LogP contribution in [0.25, 0.3) is 5.69 Å². The van der Waals surface area contributed by atoms with Crippen LogP contribution in [0.2, 0.25) is 0 Å². The monoisotopic (exact) mass is 352 g/mol. The average Bonchev–Trinajstić information content (AvgIpc) is 3.06. The largest absolute Gasteiger partial charge is 0.214 e. The van der Waals surface area contributed by atoms with Crippen LogP contribution in [0.5, 0.6) is 0 Å². The quantitative estimate of drug-likeness (QED) is 0.670. The normalized spacial score (nSPS) is 10.8. The van der Waals surface area contributed by atoms with E-state index in [1.165, 1.54) is 4.88 Å². The molecule has 0 fully saturated rings. The Bertz CT molecular complexity index is 665. The summed E-state index contributed by atoms with van der Waals surface area (Å²) >= 11 is 6.89. The van der Waals surface area contributed by atoms with E-state index in [2.05, 4.69) is 42.9 Å². The van der Waals surface area contributed by atoms with E-state index in [1.54, 1.807) is 27.8 Å². The summed E-state index contributed by atoms with van der Waals surface area (Å²) in [6.45, 7) is 0. The second-order valence-corrected chi connectivity index (χ2v) is 6.49. The zero-order valence-electron chi connectivity index (χ0n) is 9.73. The SMILES string of the molecule is Brc1ccsc1CSc1nnnn1-c1ccccc1. The molecule has 3 aromatic rings. The fraction of sp³-hybridized carbons (Fsp3) is 0.0833. The fourth-order valence-electron chi connectivity index (χ4n) is 1.56. The lowest BCUT2D eigenvalue weighted by Crippen LogP contribution is -1.98. The van der Waals surface area contributed by atoms with Gasteiger partial charge in [-0.3, -0.25) is 0 Å². The van der Waals surface area contributed by atoms with Gasteiger partial charge in [-0.2, -0.15) is 4.68 Å². The minimum Gasteiger partial charge on any atom is -0.188 e. The Morgan fingerprint density at radius 3 is 2.79 bits per heavy atom. The molecule has 0 N–H and O–H groups in total. The maximum Gasteiger partial charge on any atom is 0.214 e. The molecule has 2 heterocycles. The highest BCUT2D eigenvalue weighted by Gasteiger charge is 2.10. The summed E-state index contributed by atoms with van der Waals surface area (Å²) in [4.78, 5) is 1.28. The van der Waals surface area contributed by atoms with Crippen LogP contribution in [0.4, 0.5) is 0 Å². The Morgan fingerprint density at radius 1 is 1.21 bits per heavy atom. The maximum atomic E-state index is 4.08. The van der Waals surface area contributed by atoms with E-state index in [1.807, 2.05) is 30.3 Å². The molecule has 96 valence electrons. The van der Waals surface area contributed by atoms with E-state index in [4.69, 9.17) is 0 Å². The molecule has 0 aliphatic carbocycles. The maximum absolute atomic E-state index is 4.08. The number of nitrogens with zero attached hydrogens (tertiary/aromatic N) is 4. The summed E-state index contributed by atoms with van der Waals surface area (Å²) < 4.78 is 2.90. The van der Waals surface area contributed by atoms with Crippen molar-refractivity contribution in [1.82, 2.24) is 20.2 Å². The van der Waals surface area contributed by atoms with Gasteiger partial charge in [0.25, 0.3) is 0 Å². The highest BCUT2D eigenvalue weighted by atomic mass is 79.9. The molecule has 0 aliphatic heterocycles. The van der Waals surface area contributed by atoms with Crippen molar-refractivity contribution in [2.75, 3.05) is 0 Å². The molecule has 0 saturated carbocycles. The first-order valence-electron chi connectivity index (χ1n) is 5.53. The molecule has 1 aromatic carbocycles. The topological polar surface area (TPSA) is 43.6 Å². The van der Waals surface area contributed by atoms with Crippen LogP contribution in [0.15, 0.2) is 51.4 Å². The third-order valence-electron chi connectivity index (χ3n) is 2.47. The smallest absolute Gasteiger partial charge is 0.188 e. The summed E-state index contributed by atoms with van der Waals surface area (Å²) in [5, 5.41) is 14.7. The molecule has 0 bridgehead atoms. The molecular weight excluding hydrogens is 344 g/mol. The summed E-state index contributed by atoms with van der Waals surface area (Å²) in [7, 11) is 0. The van der Waals surface area contributed by atoms with Gasteiger partial charge in [-0.1, -0.05) is 30.0 Å². The lowest BCUT2D eigenvalue weighted by molar-refractivity contribution is 0.756. The van der Waals surface area contributed by atoms with Gasteiger partial charge < -0.3 is 0 Å². The molecule has 0 saturated heterocycles. The lowest BCUT2D eigenvalue weighted by atomic mass is 10.3. The van der Waals surface area contributed by atoms with E-state index in [-0.39, 0.29) is 0 Å². The number of thiophene rings is 1. The van der Waals surface area contributed by atoms with Crippen LogP contribution in [-0.4, -0.2) is 20.2 Å². The van der Waals surface area contributed by atoms with Gasteiger partial charge in [-0.25, -0.2) is 0 Å². The van der Waals surface area contributed by atoms with Crippen LogP contribution in [-0.2, 0) is 5.75 Å². The van der Waals surface area contributed by atoms with Crippen molar-refractivity contribution < 1.29 is 0 Å². The second-order valence-electron chi connectivity index (χ2n) is 3.69. The summed E-state index contributed by atoms with van der Waals surface area (Å²) in [5.41, 5.74) is 0.972. The Hall–Kier alpha value is -1.18. The van der Waals surface area contributed by atoms with Crippen LogP contribution in [0, 0.1) is 0 Å². The van der Waals surface area contributed by atoms with Crippen LogP contribution < -0.4 is 0 Å². The van der Waals surface area contributed by atoms with Crippen LogP contribution in [0.1, 0.15) is 4.88 Å². The molecule has 0 unspecified atom stereocenters. The second kappa shape index (κ2) is 5.85. The molecule has 0 atom stereocenters. The number of benzene rings is 1. The van der Waals surface area contributed by atoms with Gasteiger partial charge in [0.1, 0.15) is 0 Å². The third-order valence-corrected chi connectivity index (χ3v) is 5.52. The number of hydrogen-bond donors (Lipinski definition) is 0. The zero-order chi connectivity index (χ0) is 13.1. The molecule has 2 aromatic heterocycles. The number of halogens is 1. The first-order valence-corrected chi connectivity index (χ1v) is 8.19. The minimum atomic E-state index is 0.798. The van der Waals surface area contributed by atoms with Crippen molar-refractivity contribution in [2.24, 2.45) is 0 Å². The molecule has 0 amide bonds. The molecule has 4 nitrogen and oxygen atoms in total. The van der Waals surface area contributed by atoms with E-state index in [9.17, 15) is 0 Å². The van der Waals surface area contributed by atoms with E-state index < -0.39 is 0 Å². The minimum absolute atomic E-state index is 0.798. The van der Waals surface area contributed by atoms with Gasteiger partial charge in [-0.15, -0.1) is 16.4 Å². The van der Waals surface area contributed by atoms with Gasteiger partial charge in [0.05, 0.1) is 5.69 Å². The Morgan fingerprint density at radius 2 is 2.05 bits per heavy atom. The van der Waals surface area contributed by atoms with Gasteiger partial charge in [0.2, 0.25) is 5.16 Å². The molecule has 0 radical (unpaired) electrons. The molecule has 19 heavy (non-hydrogen) atoms. The molecule has 7 heteroatoms. The summed E-state index contributed by atoms with van der Waals surface area (Å²) in [6, 6.07) is 12.0. The fourth-order valence-corrected chi connectivity index (χ4v) is 4.24. The van der Waals surface area contributed by atoms with Gasteiger partial charge in [0.15, 0.2) is 0 Å². The van der Waals surface area contributed by atoms with E-state index >= 15 is 0 Å². The van der Waals surface area contributed by atoms with Crippen molar-refractivity contribution >= 4 is 39.0 Å². The molecule has 0 aliphatic rings. The zero-order valence-corrected chi connectivity index (χ0v) is 13.0. The van der Waals surface area contributed by atoms with Crippen LogP contribution in [0.3, 0.4) is 0 Å². The number of tetrazole rings is 1. The first-order chi connectivity index (χ1) is 9.34.